The summed E-state index contributed by atoms with van der Waals surface area (Å²) in [6.45, 7) is 0. The Balaban J connectivity index is 0.000000194. The van der Waals surface area contributed by atoms with Crippen LogP contribution < -0.4 is 20.7 Å². The van der Waals surface area contributed by atoms with Crippen molar-refractivity contribution in [3.05, 3.63) is 119 Å². The first-order valence-electron chi connectivity index (χ1n) is 14.4. The van der Waals surface area contributed by atoms with Gasteiger partial charge in [0.25, 0.3) is 0 Å². The Hall–Kier alpha value is -5.32. The molecule has 7 rings (SSSR count). The predicted octanol–water partition coefficient (Wildman–Crippen LogP) is 5.46. The van der Waals surface area contributed by atoms with E-state index in [4.69, 9.17) is 30.5 Å². The Labute approximate surface area is 278 Å². The zero-order valence-electron chi connectivity index (χ0n) is 25.6. The van der Waals surface area contributed by atoms with Crippen LogP contribution in [0.3, 0.4) is 0 Å². The van der Waals surface area contributed by atoms with Crippen LogP contribution in [0.25, 0.3) is 0 Å². The number of hydrogen-bond acceptors (Lipinski definition) is 12. The summed E-state index contributed by atoms with van der Waals surface area (Å²) in [7, 11) is 3.14. The summed E-state index contributed by atoms with van der Waals surface area (Å²) in [5.41, 5.74) is 10.8. The minimum Gasteiger partial charge on any atom is -0.508 e. The van der Waals surface area contributed by atoms with E-state index in [9.17, 15) is 10.2 Å². The number of rotatable bonds is 2. The van der Waals surface area contributed by atoms with Gasteiger partial charge in [-0.05, 0) is 47.5 Å². The predicted molar refractivity (Wildman–Crippen MR) is 177 cm³/mol. The van der Waals surface area contributed by atoms with Gasteiger partial charge in [-0.2, -0.15) is 10.3 Å². The average Bonchev–Trinajstić information content (AvgIpc) is 3.35. The molecule has 3 aliphatic heterocycles. The van der Waals surface area contributed by atoms with Crippen LogP contribution in [0.5, 0.6) is 23.0 Å². The van der Waals surface area contributed by atoms with Gasteiger partial charge in [0.2, 0.25) is 17.9 Å². The van der Waals surface area contributed by atoms with E-state index in [2.05, 4.69) is 9.98 Å². The van der Waals surface area contributed by atoms with Gasteiger partial charge in [0.1, 0.15) is 35.2 Å². The van der Waals surface area contributed by atoms with Crippen molar-refractivity contribution in [1.82, 2.24) is 10.5 Å². The first-order chi connectivity index (χ1) is 22.3. The summed E-state index contributed by atoms with van der Waals surface area (Å²) in [5, 5.41) is 37.0. The molecule has 3 atom stereocenters. The third-order valence-corrected chi connectivity index (χ3v) is 7.47. The van der Waals surface area contributed by atoms with Crippen molar-refractivity contribution in [2.24, 2.45) is 15.7 Å². The highest BCUT2D eigenvalue weighted by Crippen LogP contribution is 2.50. The summed E-state index contributed by atoms with van der Waals surface area (Å²) in [4.78, 5) is 14.3. The standard InChI is InChI=1S/C17H17N3O3.C16H12N2O2.CH5NO.ClH/c1-20-16(18)19-17(23-20)10-15(11-5-3-2-4-6-11)22-14-8-7-12(21)9-13(14)17;17-10-18-14-9-16(11-4-2-1-3-5-11)20-15-7-6-12(19)8-13(14)15;1-2-3;/h2-9,15,21H,10H2,1H3,(H2,18,19);1-8,16,19H,9H2;2-3H,1H3;1H. The van der Waals surface area contributed by atoms with E-state index in [0.29, 0.717) is 47.1 Å². The number of nitriles is 1. The van der Waals surface area contributed by atoms with E-state index in [-0.39, 0.29) is 36.1 Å². The van der Waals surface area contributed by atoms with Gasteiger partial charge in [-0.15, -0.1) is 12.4 Å². The molecule has 12 nitrogen and oxygen atoms in total. The Bertz CT molecular complexity index is 1770. The molecule has 0 saturated heterocycles. The fraction of sp³-hybridized carbons (Fsp3) is 0.206. The van der Waals surface area contributed by atoms with E-state index >= 15 is 0 Å². The summed E-state index contributed by atoms with van der Waals surface area (Å²) in [6.07, 6.45) is 2.42. The highest BCUT2D eigenvalue weighted by molar-refractivity contribution is 6.04. The number of nitrogens with zero attached hydrogens (tertiary/aromatic N) is 4. The van der Waals surface area contributed by atoms with Crippen LogP contribution in [-0.4, -0.2) is 46.3 Å². The first-order valence-corrected chi connectivity index (χ1v) is 14.4. The molecule has 0 aromatic heterocycles. The quantitative estimate of drug-likeness (QED) is 0.137. The molecule has 0 aliphatic carbocycles. The number of guanidine groups is 1. The summed E-state index contributed by atoms with van der Waals surface area (Å²) in [5.74, 6) is 1.84. The molecule has 0 radical (unpaired) electrons. The molecule has 0 bridgehead atoms. The molecular weight excluding hydrogens is 624 g/mol. The molecule has 244 valence electrons. The summed E-state index contributed by atoms with van der Waals surface area (Å²) >= 11 is 0. The normalized spacial score (nSPS) is 21.1. The van der Waals surface area contributed by atoms with Crippen LogP contribution >= 0.6 is 12.4 Å². The number of benzene rings is 4. The highest BCUT2D eigenvalue weighted by Gasteiger charge is 2.49. The molecular formula is C34H35ClN6O6. The minimum absolute atomic E-state index is 0. The van der Waals surface area contributed by atoms with E-state index in [0.717, 1.165) is 11.1 Å². The van der Waals surface area contributed by atoms with E-state index in [1.807, 2.05) is 66.9 Å². The molecule has 1 spiro atoms. The molecule has 47 heavy (non-hydrogen) atoms. The van der Waals surface area contributed by atoms with Crippen molar-refractivity contribution < 1.29 is 29.7 Å². The van der Waals surface area contributed by atoms with Gasteiger partial charge in [0.05, 0.1) is 11.3 Å². The molecule has 13 heteroatoms. The molecule has 0 saturated carbocycles. The topological polar surface area (TPSA) is 178 Å². The van der Waals surface area contributed by atoms with E-state index in [1.165, 1.54) is 12.1 Å². The van der Waals surface area contributed by atoms with Crippen molar-refractivity contribution in [3.63, 3.8) is 0 Å². The number of hydrogen-bond donors (Lipinski definition) is 5. The van der Waals surface area contributed by atoms with Crippen LogP contribution in [0.1, 0.15) is 47.3 Å². The zero-order chi connectivity index (χ0) is 32.7. The largest absolute Gasteiger partial charge is 0.508 e. The van der Waals surface area contributed by atoms with Gasteiger partial charge in [0, 0.05) is 32.5 Å². The maximum atomic E-state index is 9.84. The molecule has 3 aliphatic rings. The van der Waals surface area contributed by atoms with Crippen molar-refractivity contribution in [2.45, 2.75) is 30.8 Å². The van der Waals surface area contributed by atoms with Gasteiger partial charge >= 0.3 is 0 Å². The Morgan fingerprint density at radius 3 is 2.04 bits per heavy atom. The first kappa shape index (κ1) is 34.6. The lowest BCUT2D eigenvalue weighted by molar-refractivity contribution is -0.191. The monoisotopic (exact) mass is 658 g/mol. The number of fused-ring (bicyclic) bond motifs is 3. The molecule has 3 unspecified atom stereocenters. The Morgan fingerprint density at radius 2 is 1.47 bits per heavy atom. The molecule has 6 N–H and O–H groups in total. The van der Waals surface area contributed by atoms with Crippen molar-refractivity contribution in [3.8, 4) is 29.2 Å². The molecule has 0 fully saturated rings. The highest BCUT2D eigenvalue weighted by atomic mass is 35.5. The number of aliphatic imine (C=N–C) groups is 2. The second kappa shape index (κ2) is 15.3. The number of hydroxylamine groups is 3. The maximum absolute atomic E-state index is 9.84. The van der Waals surface area contributed by atoms with Gasteiger partial charge in [-0.1, -0.05) is 60.7 Å². The Kier molecular flexibility index (Phi) is 11.3. The van der Waals surface area contributed by atoms with Crippen LogP contribution in [0.4, 0.5) is 0 Å². The summed E-state index contributed by atoms with van der Waals surface area (Å²) < 4.78 is 12.1. The smallest absolute Gasteiger partial charge is 0.222 e. The lowest BCUT2D eigenvalue weighted by Crippen LogP contribution is -2.36. The maximum Gasteiger partial charge on any atom is 0.222 e. The number of nitrogens with one attached hydrogen (secondary N) is 1. The SMILES string of the molecule is CN1OC2(CC(c3ccccc3)Oc3ccc(O)cc32)N=C1N.CNO.Cl.N#CN=C1CC(c2ccccc2)Oc2ccc(O)cc21. The zero-order valence-corrected chi connectivity index (χ0v) is 26.5. The lowest BCUT2D eigenvalue weighted by atomic mass is 9.90. The van der Waals surface area contributed by atoms with E-state index in [1.54, 1.807) is 48.9 Å². The number of ether oxygens (including phenoxy) is 2. The average molecular weight is 659 g/mol. The van der Waals surface area contributed by atoms with Crippen molar-refractivity contribution in [2.75, 3.05) is 14.1 Å². The second-order valence-electron chi connectivity index (χ2n) is 10.5. The van der Waals surface area contributed by atoms with Crippen molar-refractivity contribution >= 4 is 24.1 Å². The fourth-order valence-corrected chi connectivity index (χ4v) is 5.42. The number of phenols is 2. The third-order valence-electron chi connectivity index (χ3n) is 7.47. The molecule has 4 aromatic rings. The molecule has 4 aromatic carbocycles. The van der Waals surface area contributed by atoms with Crippen LogP contribution in [0.2, 0.25) is 0 Å². The number of aromatic hydroxyl groups is 2. The number of phenolic OH excluding ortho intramolecular Hbond substituents is 2. The van der Waals surface area contributed by atoms with Crippen LogP contribution in [-0.2, 0) is 10.6 Å². The third kappa shape index (κ3) is 7.74. The van der Waals surface area contributed by atoms with Crippen molar-refractivity contribution in [1.29, 1.82) is 5.26 Å². The Morgan fingerprint density at radius 1 is 0.915 bits per heavy atom. The number of halogens is 1. The lowest BCUT2D eigenvalue weighted by Gasteiger charge is -2.37. The van der Waals surface area contributed by atoms with Crippen LogP contribution in [0, 0.1) is 11.5 Å². The van der Waals surface area contributed by atoms with Gasteiger partial charge in [-0.3, -0.25) is 0 Å². The minimum atomic E-state index is -0.980. The molecule has 0 amide bonds. The van der Waals surface area contributed by atoms with Gasteiger partial charge in [0.15, 0.2) is 0 Å². The molecule has 3 heterocycles. The van der Waals surface area contributed by atoms with Gasteiger partial charge in [-0.25, -0.2) is 20.4 Å². The van der Waals surface area contributed by atoms with Gasteiger partial charge < -0.3 is 30.6 Å². The second-order valence-corrected chi connectivity index (χ2v) is 10.5. The number of nitrogens with two attached hydrogens (primary N) is 1. The summed E-state index contributed by atoms with van der Waals surface area (Å²) in [6, 6.07) is 29.5. The fourth-order valence-electron chi connectivity index (χ4n) is 5.42. The van der Waals surface area contributed by atoms with E-state index < -0.39 is 5.72 Å². The van der Waals surface area contributed by atoms with Crippen LogP contribution in [0.15, 0.2) is 107 Å².